The summed E-state index contributed by atoms with van der Waals surface area (Å²) in [7, 11) is 1.21. The highest BCUT2D eigenvalue weighted by Gasteiger charge is 2.26. The molecule has 0 amide bonds. The summed E-state index contributed by atoms with van der Waals surface area (Å²) < 4.78 is 17.9. The average molecular weight is 347 g/mol. The Bertz CT molecular complexity index is 674. The van der Waals surface area contributed by atoms with Gasteiger partial charge in [-0.1, -0.05) is 18.2 Å². The fourth-order valence-electron chi connectivity index (χ4n) is 3.09. The zero-order chi connectivity index (χ0) is 16.9. The van der Waals surface area contributed by atoms with Gasteiger partial charge in [0.15, 0.2) is 0 Å². The van der Waals surface area contributed by atoms with Crippen molar-refractivity contribution in [1.82, 2.24) is 14.8 Å². The van der Waals surface area contributed by atoms with Crippen molar-refractivity contribution < 1.29 is 8.63 Å². The van der Waals surface area contributed by atoms with Crippen LogP contribution in [0.25, 0.3) is 0 Å². The molecule has 0 bridgehead atoms. The quantitative estimate of drug-likeness (QED) is 0.769. The second-order valence-corrected chi connectivity index (χ2v) is 7.96. The number of oxazole rings is 1. The molecule has 0 N–H and O–H groups in total. The molecule has 6 heteroatoms. The number of hydrogen-bond donors (Lipinski definition) is 0. The SMILES string of the molecule is Cc1cnc(CN(C)[C@@H]2CCN(CC[S@@](=O)c3ccccc3)C2)o1. The van der Waals surface area contributed by atoms with Crippen LogP contribution < -0.4 is 0 Å². The Balaban J connectivity index is 1.44. The van der Waals surface area contributed by atoms with Crippen molar-refractivity contribution in [2.24, 2.45) is 0 Å². The predicted molar refractivity (Wildman–Crippen MR) is 95.3 cm³/mol. The van der Waals surface area contributed by atoms with E-state index in [-0.39, 0.29) is 0 Å². The van der Waals surface area contributed by atoms with Crippen LogP contribution >= 0.6 is 0 Å². The van der Waals surface area contributed by atoms with Crippen molar-refractivity contribution in [3.8, 4) is 0 Å². The van der Waals surface area contributed by atoms with Gasteiger partial charge in [0.05, 0.1) is 23.5 Å². The molecule has 1 saturated heterocycles. The van der Waals surface area contributed by atoms with Gasteiger partial charge < -0.3 is 9.32 Å². The van der Waals surface area contributed by atoms with E-state index in [4.69, 9.17) is 4.42 Å². The summed E-state index contributed by atoms with van der Waals surface area (Å²) >= 11 is 0. The second kappa shape index (κ2) is 8.05. The summed E-state index contributed by atoms with van der Waals surface area (Å²) in [6.07, 6.45) is 2.90. The fraction of sp³-hybridized carbons (Fsp3) is 0.500. The van der Waals surface area contributed by atoms with Crippen molar-refractivity contribution >= 4 is 10.8 Å². The maximum absolute atomic E-state index is 12.3. The van der Waals surface area contributed by atoms with E-state index in [1.165, 1.54) is 0 Å². The zero-order valence-electron chi connectivity index (χ0n) is 14.4. The lowest BCUT2D eigenvalue weighted by Crippen LogP contribution is -2.35. The van der Waals surface area contributed by atoms with Crippen LogP contribution in [0, 0.1) is 6.92 Å². The third-order valence-corrected chi connectivity index (χ3v) is 5.87. The highest BCUT2D eigenvalue weighted by atomic mass is 32.2. The molecular weight excluding hydrogens is 322 g/mol. The van der Waals surface area contributed by atoms with Gasteiger partial charge in [-0.3, -0.25) is 9.11 Å². The molecular formula is C18H25N3O2S. The first-order chi connectivity index (χ1) is 11.6. The molecule has 3 rings (SSSR count). The molecule has 0 unspecified atom stereocenters. The lowest BCUT2D eigenvalue weighted by Gasteiger charge is -2.23. The molecule has 2 heterocycles. The molecule has 0 radical (unpaired) electrons. The van der Waals surface area contributed by atoms with E-state index >= 15 is 0 Å². The molecule has 0 aliphatic carbocycles. The standard InChI is InChI=1S/C18H25N3O2S/c1-15-12-19-18(23-15)14-20(2)16-8-9-21(13-16)10-11-24(22)17-6-4-3-5-7-17/h3-7,12,16H,8-11,13-14H2,1-2H3/t16-,24-/m1/s1. The first-order valence-corrected chi connectivity index (χ1v) is 9.71. The Hall–Kier alpha value is -1.50. The first-order valence-electron chi connectivity index (χ1n) is 8.39. The van der Waals surface area contributed by atoms with Crippen molar-refractivity contribution in [2.45, 2.75) is 30.8 Å². The number of aryl methyl sites for hydroxylation is 1. The molecule has 1 aromatic heterocycles. The Morgan fingerprint density at radius 3 is 2.88 bits per heavy atom. The molecule has 2 aromatic rings. The third-order valence-electron chi connectivity index (χ3n) is 4.52. The van der Waals surface area contributed by atoms with Gasteiger partial charge in [0.2, 0.25) is 5.89 Å². The van der Waals surface area contributed by atoms with Gasteiger partial charge in [0, 0.05) is 29.8 Å². The number of rotatable bonds is 7. The van der Waals surface area contributed by atoms with Crippen LogP contribution in [0.3, 0.4) is 0 Å². The summed E-state index contributed by atoms with van der Waals surface area (Å²) in [6, 6.07) is 10.2. The van der Waals surface area contributed by atoms with Gasteiger partial charge in [-0.05, 0) is 39.1 Å². The third kappa shape index (κ3) is 4.53. The Morgan fingerprint density at radius 1 is 1.38 bits per heavy atom. The van der Waals surface area contributed by atoms with E-state index in [0.29, 0.717) is 11.8 Å². The van der Waals surface area contributed by atoms with E-state index < -0.39 is 10.8 Å². The van der Waals surface area contributed by atoms with E-state index in [9.17, 15) is 4.21 Å². The Kier molecular flexibility index (Phi) is 5.81. The first kappa shape index (κ1) is 17.3. The largest absolute Gasteiger partial charge is 0.445 e. The summed E-state index contributed by atoms with van der Waals surface area (Å²) in [5, 5.41) is 0. The molecule has 0 saturated carbocycles. The van der Waals surface area contributed by atoms with Crippen LogP contribution in [0.2, 0.25) is 0 Å². The molecule has 130 valence electrons. The minimum Gasteiger partial charge on any atom is -0.445 e. The van der Waals surface area contributed by atoms with Crippen LogP contribution in [0.1, 0.15) is 18.1 Å². The molecule has 1 aromatic carbocycles. The van der Waals surface area contributed by atoms with Crippen LogP contribution in [-0.4, -0.2) is 57.5 Å². The predicted octanol–water partition coefficient (Wildman–Crippen LogP) is 2.30. The zero-order valence-corrected chi connectivity index (χ0v) is 15.2. The molecule has 1 fully saturated rings. The summed E-state index contributed by atoms with van der Waals surface area (Å²) in [5.41, 5.74) is 0. The van der Waals surface area contributed by atoms with Crippen LogP contribution in [-0.2, 0) is 17.3 Å². The minimum absolute atomic E-state index is 0.502. The number of likely N-dealkylation sites (N-methyl/N-ethyl adjacent to an activating group) is 1. The molecule has 1 aliphatic rings. The number of benzene rings is 1. The smallest absolute Gasteiger partial charge is 0.208 e. The summed E-state index contributed by atoms with van der Waals surface area (Å²) in [5.74, 6) is 2.33. The fourth-order valence-corrected chi connectivity index (χ4v) is 4.21. The summed E-state index contributed by atoms with van der Waals surface area (Å²) in [4.78, 5) is 9.91. The van der Waals surface area contributed by atoms with Crippen LogP contribution in [0.15, 0.2) is 45.8 Å². The number of aromatic nitrogens is 1. The normalized spacial score (nSPS) is 19.9. The van der Waals surface area contributed by atoms with Crippen molar-refractivity contribution in [2.75, 3.05) is 32.4 Å². The number of likely N-dealkylation sites (tertiary alicyclic amines) is 1. The van der Waals surface area contributed by atoms with Crippen LogP contribution in [0.5, 0.6) is 0 Å². The molecule has 0 spiro atoms. The Labute approximate surface area is 146 Å². The van der Waals surface area contributed by atoms with E-state index in [2.05, 4.69) is 21.8 Å². The molecule has 2 atom stereocenters. The monoisotopic (exact) mass is 347 g/mol. The topological polar surface area (TPSA) is 49.6 Å². The summed E-state index contributed by atoms with van der Waals surface area (Å²) in [6.45, 7) is 5.61. The van der Waals surface area contributed by atoms with Crippen molar-refractivity contribution in [1.29, 1.82) is 0 Å². The van der Waals surface area contributed by atoms with Gasteiger partial charge in [0.25, 0.3) is 0 Å². The van der Waals surface area contributed by atoms with Crippen LogP contribution in [0.4, 0.5) is 0 Å². The van der Waals surface area contributed by atoms with Gasteiger partial charge in [-0.2, -0.15) is 0 Å². The van der Waals surface area contributed by atoms with Gasteiger partial charge in [-0.25, -0.2) is 4.98 Å². The molecule has 24 heavy (non-hydrogen) atoms. The van der Waals surface area contributed by atoms with E-state index in [1.807, 2.05) is 37.3 Å². The van der Waals surface area contributed by atoms with Crippen molar-refractivity contribution in [3.05, 3.63) is 48.2 Å². The van der Waals surface area contributed by atoms with Gasteiger partial charge in [-0.15, -0.1) is 0 Å². The molecule has 1 aliphatic heterocycles. The number of nitrogens with zero attached hydrogens (tertiary/aromatic N) is 3. The second-order valence-electron chi connectivity index (χ2n) is 6.39. The van der Waals surface area contributed by atoms with E-state index in [0.717, 1.165) is 49.1 Å². The highest BCUT2D eigenvalue weighted by Crippen LogP contribution is 2.17. The van der Waals surface area contributed by atoms with Gasteiger partial charge in [0.1, 0.15) is 5.76 Å². The average Bonchev–Trinajstić information content (AvgIpc) is 3.22. The highest BCUT2D eigenvalue weighted by molar-refractivity contribution is 7.85. The van der Waals surface area contributed by atoms with Gasteiger partial charge >= 0.3 is 0 Å². The number of hydrogen-bond acceptors (Lipinski definition) is 5. The molecule has 5 nitrogen and oxygen atoms in total. The lowest BCUT2D eigenvalue weighted by molar-refractivity contribution is 0.208. The maximum atomic E-state index is 12.3. The Morgan fingerprint density at radius 2 is 2.17 bits per heavy atom. The minimum atomic E-state index is -0.910. The lowest BCUT2D eigenvalue weighted by atomic mass is 10.2. The van der Waals surface area contributed by atoms with E-state index in [1.54, 1.807) is 6.20 Å². The van der Waals surface area contributed by atoms with Crippen molar-refractivity contribution in [3.63, 3.8) is 0 Å². The maximum Gasteiger partial charge on any atom is 0.208 e.